The van der Waals surface area contributed by atoms with E-state index in [9.17, 15) is 0 Å². The van der Waals surface area contributed by atoms with Crippen LogP contribution in [0, 0.1) is 6.92 Å². The van der Waals surface area contributed by atoms with Crippen molar-refractivity contribution < 1.29 is 0 Å². The zero-order valence-electron chi connectivity index (χ0n) is 13.4. The van der Waals surface area contributed by atoms with E-state index in [1.165, 1.54) is 27.5 Å². The lowest BCUT2D eigenvalue weighted by Gasteiger charge is -2.11. The third kappa shape index (κ3) is 3.96. The van der Waals surface area contributed by atoms with Gasteiger partial charge in [0.15, 0.2) is 0 Å². The van der Waals surface area contributed by atoms with E-state index in [0.29, 0.717) is 0 Å². The molecule has 0 heterocycles. The second-order valence-electron chi connectivity index (χ2n) is 3.85. The van der Waals surface area contributed by atoms with Crippen LogP contribution in [-0.4, -0.2) is 0 Å². The highest BCUT2D eigenvalue weighted by Gasteiger charge is 2.05. The Bertz CT molecular complexity index is 507. The van der Waals surface area contributed by atoms with Crippen molar-refractivity contribution >= 4 is 16.8 Å². The van der Waals surface area contributed by atoms with Crippen molar-refractivity contribution in [2.75, 3.05) is 0 Å². The summed E-state index contributed by atoms with van der Waals surface area (Å²) in [6.07, 6.45) is 3.02. The summed E-state index contributed by atoms with van der Waals surface area (Å²) in [7, 11) is 0. The molecule has 0 saturated heterocycles. The van der Waals surface area contributed by atoms with E-state index < -0.39 is 0 Å². The molecule has 19 heavy (non-hydrogen) atoms. The van der Waals surface area contributed by atoms with Crippen molar-refractivity contribution in [3.05, 3.63) is 53.6 Å². The molecule has 0 fully saturated rings. The maximum atomic E-state index is 3.89. The minimum atomic E-state index is 1.07. The van der Waals surface area contributed by atoms with Crippen LogP contribution >= 0.6 is 0 Å². The fraction of sp³-hybridized carbons (Fsp3) is 0.368. The van der Waals surface area contributed by atoms with E-state index in [4.69, 9.17) is 0 Å². The SMILES string of the molecule is C=Cc1cc2ccccc2c(C)c1CC.CC.CC. The quantitative estimate of drug-likeness (QED) is 0.582. The van der Waals surface area contributed by atoms with Crippen molar-refractivity contribution in [2.24, 2.45) is 0 Å². The van der Waals surface area contributed by atoms with E-state index in [-0.39, 0.29) is 0 Å². The van der Waals surface area contributed by atoms with Gasteiger partial charge < -0.3 is 0 Å². The number of aryl methyl sites for hydroxylation is 1. The van der Waals surface area contributed by atoms with Gasteiger partial charge in [-0.15, -0.1) is 0 Å². The third-order valence-electron chi connectivity index (χ3n) is 3.05. The smallest absolute Gasteiger partial charge is 0.0152 e. The Labute approximate surface area is 119 Å². The predicted octanol–water partition coefficient (Wildman–Crippen LogP) is 6.41. The molecule has 0 spiro atoms. The lowest BCUT2D eigenvalue weighted by molar-refractivity contribution is 1.11. The molecule has 2 aromatic carbocycles. The fourth-order valence-corrected chi connectivity index (χ4v) is 2.25. The lowest BCUT2D eigenvalue weighted by atomic mass is 9.93. The Balaban J connectivity index is 0.000000741. The average Bonchev–Trinajstić information content (AvgIpc) is 2.51. The molecule has 0 aliphatic rings. The van der Waals surface area contributed by atoms with Gasteiger partial charge in [0, 0.05) is 0 Å². The van der Waals surface area contributed by atoms with Crippen molar-refractivity contribution in [2.45, 2.75) is 48.0 Å². The van der Waals surface area contributed by atoms with E-state index in [1.54, 1.807) is 0 Å². The van der Waals surface area contributed by atoms with Crippen LogP contribution in [0.2, 0.25) is 0 Å². The van der Waals surface area contributed by atoms with E-state index >= 15 is 0 Å². The van der Waals surface area contributed by atoms with Crippen LogP contribution in [0.25, 0.3) is 16.8 Å². The normalized spacial score (nSPS) is 8.95. The topological polar surface area (TPSA) is 0 Å². The van der Waals surface area contributed by atoms with Gasteiger partial charge in [-0.05, 0) is 46.9 Å². The Morgan fingerprint density at radius 1 is 1.05 bits per heavy atom. The molecular weight excluding hydrogens is 228 g/mol. The van der Waals surface area contributed by atoms with Gasteiger partial charge in [0.1, 0.15) is 0 Å². The zero-order valence-corrected chi connectivity index (χ0v) is 13.4. The molecule has 0 heteroatoms. The molecule has 0 aliphatic carbocycles. The monoisotopic (exact) mass is 256 g/mol. The van der Waals surface area contributed by atoms with Gasteiger partial charge in [-0.1, -0.05) is 71.5 Å². The molecule has 0 atom stereocenters. The molecule has 0 aliphatic heterocycles. The van der Waals surface area contributed by atoms with Gasteiger partial charge >= 0.3 is 0 Å². The second kappa shape index (κ2) is 9.38. The Hall–Kier alpha value is -1.56. The Morgan fingerprint density at radius 2 is 1.63 bits per heavy atom. The highest BCUT2D eigenvalue weighted by Crippen LogP contribution is 2.26. The molecule has 0 amide bonds. The molecule has 0 bridgehead atoms. The van der Waals surface area contributed by atoms with Gasteiger partial charge in [0.05, 0.1) is 0 Å². The van der Waals surface area contributed by atoms with Crippen LogP contribution in [0.5, 0.6) is 0 Å². The second-order valence-corrected chi connectivity index (χ2v) is 3.85. The van der Waals surface area contributed by atoms with Gasteiger partial charge in [-0.25, -0.2) is 0 Å². The predicted molar refractivity (Wildman–Crippen MR) is 90.9 cm³/mol. The third-order valence-corrected chi connectivity index (χ3v) is 3.05. The summed E-state index contributed by atoms with van der Waals surface area (Å²) in [6.45, 7) is 16.3. The number of rotatable bonds is 2. The minimum absolute atomic E-state index is 1.07. The number of benzene rings is 2. The first kappa shape index (κ1) is 17.4. The van der Waals surface area contributed by atoms with Gasteiger partial charge in [0.2, 0.25) is 0 Å². The van der Waals surface area contributed by atoms with E-state index in [2.05, 4.69) is 50.8 Å². The molecule has 0 N–H and O–H groups in total. The van der Waals surface area contributed by atoms with Crippen LogP contribution < -0.4 is 0 Å². The van der Waals surface area contributed by atoms with Gasteiger partial charge in [-0.3, -0.25) is 0 Å². The maximum absolute atomic E-state index is 3.89. The highest BCUT2D eigenvalue weighted by molar-refractivity contribution is 5.89. The Morgan fingerprint density at radius 3 is 2.16 bits per heavy atom. The first-order valence-corrected chi connectivity index (χ1v) is 7.41. The van der Waals surface area contributed by atoms with E-state index in [1.807, 2.05) is 33.8 Å². The van der Waals surface area contributed by atoms with Crippen LogP contribution in [0.15, 0.2) is 36.9 Å². The standard InChI is InChI=1S/C15H16.2C2H6/c1-4-12-10-13-8-6-7-9-15(13)11(3)14(12)5-2;2*1-2/h4,6-10H,1,5H2,2-3H3;2*1-2H3. The zero-order chi connectivity index (χ0) is 14.8. The first-order chi connectivity index (χ1) is 9.27. The number of fused-ring (bicyclic) bond motifs is 1. The summed E-state index contributed by atoms with van der Waals surface area (Å²) >= 11 is 0. The average molecular weight is 256 g/mol. The Kier molecular flexibility index (Phi) is 8.61. The largest absolute Gasteiger partial charge is 0.0985 e. The summed E-state index contributed by atoms with van der Waals surface area (Å²) in [5, 5.41) is 2.67. The molecule has 0 nitrogen and oxygen atoms in total. The first-order valence-electron chi connectivity index (χ1n) is 7.41. The molecule has 0 radical (unpaired) electrons. The van der Waals surface area contributed by atoms with Crippen molar-refractivity contribution in [3.63, 3.8) is 0 Å². The number of hydrogen-bond donors (Lipinski definition) is 0. The fourth-order valence-electron chi connectivity index (χ4n) is 2.25. The van der Waals surface area contributed by atoms with Crippen molar-refractivity contribution in [1.82, 2.24) is 0 Å². The summed E-state index contributed by atoms with van der Waals surface area (Å²) in [4.78, 5) is 0. The van der Waals surface area contributed by atoms with Crippen LogP contribution in [-0.2, 0) is 6.42 Å². The molecule has 0 aromatic heterocycles. The summed E-state index contributed by atoms with van der Waals surface area (Å²) < 4.78 is 0. The van der Waals surface area contributed by atoms with Crippen LogP contribution in [0.3, 0.4) is 0 Å². The van der Waals surface area contributed by atoms with Gasteiger partial charge in [0.25, 0.3) is 0 Å². The summed E-state index contributed by atoms with van der Waals surface area (Å²) in [5.74, 6) is 0. The van der Waals surface area contributed by atoms with Crippen molar-refractivity contribution in [1.29, 1.82) is 0 Å². The van der Waals surface area contributed by atoms with Crippen molar-refractivity contribution in [3.8, 4) is 0 Å². The number of hydrogen-bond acceptors (Lipinski definition) is 0. The van der Waals surface area contributed by atoms with Crippen LogP contribution in [0.4, 0.5) is 0 Å². The summed E-state index contributed by atoms with van der Waals surface area (Å²) in [5.41, 5.74) is 4.09. The molecule has 0 unspecified atom stereocenters. The molecular formula is C19H28. The highest BCUT2D eigenvalue weighted by atomic mass is 14.1. The summed E-state index contributed by atoms with van der Waals surface area (Å²) in [6, 6.07) is 10.8. The molecule has 104 valence electrons. The lowest BCUT2D eigenvalue weighted by Crippen LogP contribution is -1.92. The molecule has 2 aromatic rings. The van der Waals surface area contributed by atoms with Crippen LogP contribution in [0.1, 0.15) is 51.3 Å². The minimum Gasteiger partial charge on any atom is -0.0985 e. The van der Waals surface area contributed by atoms with E-state index in [0.717, 1.165) is 6.42 Å². The maximum Gasteiger partial charge on any atom is -0.0152 e. The van der Waals surface area contributed by atoms with Gasteiger partial charge in [-0.2, -0.15) is 0 Å². The molecule has 2 rings (SSSR count). The molecule has 0 saturated carbocycles.